The van der Waals surface area contributed by atoms with Gasteiger partial charge in [-0.3, -0.25) is 19.8 Å². The van der Waals surface area contributed by atoms with Gasteiger partial charge in [0.2, 0.25) is 5.91 Å². The first-order valence-electron chi connectivity index (χ1n) is 19.4. The van der Waals surface area contributed by atoms with E-state index >= 15 is 0 Å². The molecular weight excluding hydrogens is 707 g/mol. The maximum atomic E-state index is 12.9. The minimum absolute atomic E-state index is 0.0236. The highest BCUT2D eigenvalue weighted by molar-refractivity contribution is 5.91. The number of nitrogens with zero attached hydrogens (tertiary/aromatic N) is 2. The predicted molar refractivity (Wildman–Crippen MR) is 220 cm³/mol. The standard InChI is InChI=1S/C45H53N5O6/c1-46-44-39(12-8-24-51)38(19-20-41(44)52)42(53)27-47-22-23-49(2)43(54)21-18-31-14-16-32(17-15-31)28-50-29-34-25-36(26-35(34)30-50)56-45(55)48-40-13-7-6-11-37(40)33-9-4-3-5-10-33/h3-17,19-20,24,34-36,42,46-47,52-53H,18,21-23,25-30H2,1-2H3,(H,48,55)/b12-8-/t34-,35+,36?,42?. The molecule has 2 amide bonds. The van der Waals surface area contributed by atoms with Crippen LogP contribution in [0.25, 0.3) is 17.2 Å². The van der Waals surface area contributed by atoms with Gasteiger partial charge in [0.05, 0.1) is 17.5 Å². The van der Waals surface area contributed by atoms with E-state index in [2.05, 4.69) is 45.1 Å². The van der Waals surface area contributed by atoms with Crippen molar-refractivity contribution in [1.82, 2.24) is 15.1 Å². The summed E-state index contributed by atoms with van der Waals surface area (Å²) in [5.41, 5.74) is 6.66. The number of phenols is 1. The van der Waals surface area contributed by atoms with E-state index in [0.29, 0.717) is 60.9 Å². The van der Waals surface area contributed by atoms with Gasteiger partial charge in [0, 0.05) is 70.9 Å². The molecule has 1 saturated heterocycles. The number of aryl methyl sites for hydroxylation is 1. The Kier molecular flexibility index (Phi) is 13.9. The van der Waals surface area contributed by atoms with Crippen LogP contribution in [0.1, 0.15) is 47.6 Å². The fraction of sp³-hybridized carbons (Fsp3) is 0.356. The van der Waals surface area contributed by atoms with Crippen molar-refractivity contribution in [2.24, 2.45) is 11.8 Å². The molecule has 1 aliphatic carbocycles. The molecule has 4 aromatic carbocycles. The van der Waals surface area contributed by atoms with E-state index in [1.165, 1.54) is 17.7 Å². The number of aliphatic hydroxyl groups excluding tert-OH is 1. The van der Waals surface area contributed by atoms with Gasteiger partial charge in [-0.1, -0.05) is 78.9 Å². The Bertz CT molecular complexity index is 1960. The Morgan fingerprint density at radius 1 is 0.946 bits per heavy atom. The second kappa shape index (κ2) is 19.4. The van der Waals surface area contributed by atoms with Crippen molar-refractivity contribution in [3.63, 3.8) is 0 Å². The number of likely N-dealkylation sites (tertiary alicyclic amines) is 1. The average Bonchev–Trinajstić information content (AvgIpc) is 3.76. The van der Waals surface area contributed by atoms with Crippen LogP contribution in [0.15, 0.2) is 97.1 Å². The van der Waals surface area contributed by atoms with E-state index in [1.807, 2.05) is 54.6 Å². The summed E-state index contributed by atoms with van der Waals surface area (Å²) in [5, 5.41) is 30.1. The molecule has 1 heterocycles. The highest BCUT2D eigenvalue weighted by Gasteiger charge is 2.42. The number of carbonyl (C=O) groups is 3. The lowest BCUT2D eigenvalue weighted by molar-refractivity contribution is -0.129. The van der Waals surface area contributed by atoms with Crippen LogP contribution in [-0.4, -0.2) is 91.2 Å². The molecule has 0 bridgehead atoms. The summed E-state index contributed by atoms with van der Waals surface area (Å²) in [4.78, 5) is 40.9. The minimum atomic E-state index is -0.884. The van der Waals surface area contributed by atoms with Crippen molar-refractivity contribution in [3.8, 4) is 16.9 Å². The van der Waals surface area contributed by atoms with Gasteiger partial charge in [0.15, 0.2) is 0 Å². The first-order chi connectivity index (χ1) is 27.2. The number of anilines is 2. The van der Waals surface area contributed by atoms with Gasteiger partial charge >= 0.3 is 6.09 Å². The van der Waals surface area contributed by atoms with Crippen LogP contribution in [0.3, 0.4) is 0 Å². The molecule has 0 spiro atoms. The van der Waals surface area contributed by atoms with E-state index in [4.69, 9.17) is 4.74 Å². The zero-order valence-electron chi connectivity index (χ0n) is 32.2. The highest BCUT2D eigenvalue weighted by Crippen LogP contribution is 2.40. The summed E-state index contributed by atoms with van der Waals surface area (Å²) >= 11 is 0. The molecule has 294 valence electrons. The number of aromatic hydroxyl groups is 1. The van der Waals surface area contributed by atoms with Gasteiger partial charge in [-0.05, 0) is 77.6 Å². The summed E-state index contributed by atoms with van der Waals surface area (Å²) in [6.07, 6.45) is 4.99. The highest BCUT2D eigenvalue weighted by atomic mass is 16.6. The average molecular weight is 760 g/mol. The van der Waals surface area contributed by atoms with Gasteiger partial charge in [-0.2, -0.15) is 0 Å². The van der Waals surface area contributed by atoms with Crippen molar-refractivity contribution < 1.29 is 29.3 Å². The summed E-state index contributed by atoms with van der Waals surface area (Å²) in [7, 11) is 3.44. The largest absolute Gasteiger partial charge is 0.506 e. The molecule has 2 unspecified atom stereocenters. The quantitative estimate of drug-likeness (QED) is 0.0354. The molecule has 5 N–H and O–H groups in total. The number of fused-ring (bicyclic) bond motifs is 1. The third-order valence-electron chi connectivity index (χ3n) is 11.0. The summed E-state index contributed by atoms with van der Waals surface area (Å²) in [6.45, 7) is 4.08. The molecule has 2 aliphatic rings. The molecule has 56 heavy (non-hydrogen) atoms. The van der Waals surface area contributed by atoms with Gasteiger partial charge in [-0.25, -0.2) is 4.79 Å². The Morgan fingerprint density at radius 3 is 2.36 bits per heavy atom. The number of hydrogen-bond donors (Lipinski definition) is 5. The number of carbonyl (C=O) groups excluding carboxylic acids is 3. The first-order valence-corrected chi connectivity index (χ1v) is 19.4. The number of amides is 2. The summed E-state index contributed by atoms with van der Waals surface area (Å²) in [5.74, 6) is 1.11. The fourth-order valence-corrected chi connectivity index (χ4v) is 8.04. The molecule has 4 atom stereocenters. The van der Waals surface area contributed by atoms with E-state index in [-0.39, 0.29) is 24.3 Å². The van der Waals surface area contributed by atoms with Crippen molar-refractivity contribution in [3.05, 3.63) is 119 Å². The van der Waals surface area contributed by atoms with Crippen molar-refractivity contribution in [2.75, 3.05) is 57.5 Å². The number of aldehydes is 1. The summed E-state index contributed by atoms with van der Waals surface area (Å²) in [6, 6.07) is 29.5. The lowest BCUT2D eigenvalue weighted by Crippen LogP contribution is -2.35. The lowest BCUT2D eigenvalue weighted by atomic mass is 9.99. The molecule has 11 heteroatoms. The van der Waals surface area contributed by atoms with Crippen LogP contribution in [0, 0.1) is 11.8 Å². The maximum absolute atomic E-state index is 12.9. The van der Waals surface area contributed by atoms with E-state index < -0.39 is 12.2 Å². The third-order valence-corrected chi connectivity index (χ3v) is 11.0. The minimum Gasteiger partial charge on any atom is -0.506 e. The first kappa shape index (κ1) is 40.2. The molecule has 6 rings (SSSR count). The normalized spacial score (nSPS) is 18.4. The molecule has 0 radical (unpaired) electrons. The Balaban J connectivity index is 0.876. The van der Waals surface area contributed by atoms with Crippen LogP contribution < -0.4 is 16.0 Å². The molecule has 1 saturated carbocycles. The molecule has 1 aliphatic heterocycles. The van der Waals surface area contributed by atoms with Gasteiger partial charge in [0.25, 0.3) is 0 Å². The smallest absolute Gasteiger partial charge is 0.411 e. The number of nitrogens with one attached hydrogen (secondary N) is 3. The number of likely N-dealkylation sites (N-methyl/N-ethyl adjacent to an activating group) is 1. The molecule has 4 aromatic rings. The van der Waals surface area contributed by atoms with Gasteiger partial charge in [-0.15, -0.1) is 0 Å². The van der Waals surface area contributed by atoms with E-state index in [1.54, 1.807) is 31.1 Å². The van der Waals surface area contributed by atoms with Crippen LogP contribution in [0.4, 0.5) is 16.2 Å². The molecule has 11 nitrogen and oxygen atoms in total. The maximum Gasteiger partial charge on any atom is 0.411 e. The number of para-hydroxylation sites is 1. The number of rotatable bonds is 17. The lowest BCUT2D eigenvalue weighted by Gasteiger charge is -2.20. The number of phenolic OH excluding ortho intramolecular Hbond substituents is 1. The third kappa shape index (κ3) is 10.4. The van der Waals surface area contributed by atoms with Crippen molar-refractivity contribution in [2.45, 2.75) is 44.4 Å². The van der Waals surface area contributed by atoms with Crippen LogP contribution >= 0.6 is 0 Å². The van der Waals surface area contributed by atoms with E-state index in [0.717, 1.165) is 54.9 Å². The molecular formula is C45H53N5O6. The SMILES string of the molecule is CNc1c(O)ccc(C(O)CNCCN(C)C(=O)CCc2ccc(CN3C[C@H]4CC(OC(=O)Nc5ccccc5-c5ccccc5)C[C@H]4C3)cc2)c1/C=C\C=O. The summed E-state index contributed by atoms with van der Waals surface area (Å²) < 4.78 is 5.91. The Hall–Kier alpha value is -5.49. The zero-order valence-corrected chi connectivity index (χ0v) is 32.2. The second-order valence-corrected chi connectivity index (χ2v) is 14.8. The number of aliphatic hydroxyl groups is 1. The number of ether oxygens (including phenoxy) is 1. The number of allylic oxidation sites excluding steroid dienone is 1. The van der Waals surface area contributed by atoms with Gasteiger partial charge in [0.1, 0.15) is 18.1 Å². The Morgan fingerprint density at radius 2 is 1.64 bits per heavy atom. The van der Waals surface area contributed by atoms with Crippen molar-refractivity contribution >= 4 is 35.7 Å². The van der Waals surface area contributed by atoms with Crippen LogP contribution in [-0.2, 0) is 27.3 Å². The Labute approximate surface area is 329 Å². The number of benzene rings is 4. The monoisotopic (exact) mass is 759 g/mol. The van der Waals surface area contributed by atoms with Crippen LogP contribution in [0.2, 0.25) is 0 Å². The molecule has 0 aromatic heterocycles. The topological polar surface area (TPSA) is 143 Å². The molecule has 2 fully saturated rings. The van der Waals surface area contributed by atoms with Crippen LogP contribution in [0.5, 0.6) is 5.75 Å². The zero-order chi connectivity index (χ0) is 39.4. The van der Waals surface area contributed by atoms with Gasteiger partial charge < -0.3 is 30.5 Å². The van der Waals surface area contributed by atoms with Crippen molar-refractivity contribution in [1.29, 1.82) is 0 Å². The fourth-order valence-electron chi connectivity index (χ4n) is 8.04. The van der Waals surface area contributed by atoms with E-state index in [9.17, 15) is 24.6 Å². The number of hydrogen-bond acceptors (Lipinski definition) is 9. The predicted octanol–water partition coefficient (Wildman–Crippen LogP) is 6.49. The second-order valence-electron chi connectivity index (χ2n) is 14.8.